The van der Waals surface area contributed by atoms with Gasteiger partial charge in [0.25, 0.3) is 0 Å². The summed E-state index contributed by atoms with van der Waals surface area (Å²) in [5.41, 5.74) is 0. The largest absolute Gasteiger partial charge is 1.00 e. The molecule has 0 fully saturated rings. The molecule has 0 aliphatic heterocycles. The first-order valence-corrected chi connectivity index (χ1v) is 5.79. The lowest BCUT2D eigenvalue weighted by Crippen LogP contribution is -3.00. The number of aromatic nitrogens is 2. The van der Waals surface area contributed by atoms with Gasteiger partial charge >= 0.3 is 0 Å². The predicted octanol–water partition coefficient (Wildman–Crippen LogP) is -1.26. The van der Waals surface area contributed by atoms with Crippen LogP contribution in [0.3, 0.4) is 0 Å². The molecular formula is C11H13BrN2OS. The Morgan fingerprint density at radius 3 is 2.94 bits per heavy atom. The Labute approximate surface area is 109 Å². The van der Waals surface area contributed by atoms with Gasteiger partial charge in [-0.3, -0.25) is 4.79 Å². The van der Waals surface area contributed by atoms with Gasteiger partial charge in [-0.15, -0.1) is 11.3 Å². The molecule has 3 nitrogen and oxygen atoms in total. The Kier molecular flexibility index (Phi) is 4.89. The summed E-state index contributed by atoms with van der Waals surface area (Å²) >= 11 is 1.49. The van der Waals surface area contributed by atoms with Crippen LogP contribution in [0.5, 0.6) is 0 Å². The topological polar surface area (TPSA) is 25.9 Å². The van der Waals surface area contributed by atoms with E-state index in [9.17, 15) is 4.79 Å². The van der Waals surface area contributed by atoms with E-state index >= 15 is 0 Å². The number of carbonyl (C=O) groups excluding carboxylic acids is 1. The highest BCUT2D eigenvalue weighted by Gasteiger charge is 2.11. The van der Waals surface area contributed by atoms with Crippen LogP contribution in [0.4, 0.5) is 0 Å². The molecule has 0 aliphatic carbocycles. The highest BCUT2D eigenvalue weighted by atomic mass is 79.9. The molecule has 0 unspecified atom stereocenters. The fourth-order valence-corrected chi connectivity index (χ4v) is 2.06. The van der Waals surface area contributed by atoms with Crippen molar-refractivity contribution in [2.75, 3.05) is 0 Å². The van der Waals surface area contributed by atoms with Crippen molar-refractivity contribution in [3.63, 3.8) is 0 Å². The molecule has 0 saturated heterocycles. The first-order chi connectivity index (χ1) is 7.29. The van der Waals surface area contributed by atoms with Crippen molar-refractivity contribution in [2.24, 2.45) is 0 Å². The quantitative estimate of drug-likeness (QED) is 0.512. The van der Waals surface area contributed by atoms with Gasteiger partial charge in [-0.25, -0.2) is 9.13 Å². The van der Waals surface area contributed by atoms with Crippen LogP contribution in [0, 0.1) is 0 Å². The second kappa shape index (κ2) is 5.96. The van der Waals surface area contributed by atoms with E-state index in [0.29, 0.717) is 6.54 Å². The number of nitrogens with zero attached hydrogens (tertiary/aromatic N) is 2. The lowest BCUT2D eigenvalue weighted by Gasteiger charge is -1.93. The van der Waals surface area contributed by atoms with E-state index in [1.807, 2.05) is 45.4 Å². The molecular weight excluding hydrogens is 288 g/mol. The zero-order chi connectivity index (χ0) is 10.7. The van der Waals surface area contributed by atoms with Crippen LogP contribution >= 0.6 is 11.3 Å². The molecule has 0 atom stereocenters. The molecule has 0 radical (unpaired) electrons. The number of hydrogen-bond donors (Lipinski definition) is 0. The van der Waals surface area contributed by atoms with Gasteiger partial charge in [-0.1, -0.05) is 6.07 Å². The minimum atomic E-state index is 0. The number of ketones is 1. The lowest BCUT2D eigenvalue weighted by molar-refractivity contribution is -0.693. The maximum absolute atomic E-state index is 11.8. The van der Waals surface area contributed by atoms with Gasteiger partial charge in [0.2, 0.25) is 12.1 Å². The van der Waals surface area contributed by atoms with Gasteiger partial charge in [-0.2, -0.15) is 0 Å². The average Bonchev–Trinajstić information content (AvgIpc) is 2.87. The summed E-state index contributed by atoms with van der Waals surface area (Å²) in [6.07, 6.45) is 5.85. The van der Waals surface area contributed by atoms with Gasteiger partial charge in [0, 0.05) is 0 Å². The Bertz CT molecular complexity index is 450. The zero-order valence-corrected chi connectivity index (χ0v) is 11.4. The van der Waals surface area contributed by atoms with E-state index in [-0.39, 0.29) is 22.8 Å². The van der Waals surface area contributed by atoms with Crippen molar-refractivity contribution in [3.8, 4) is 0 Å². The Balaban J connectivity index is 0.00000128. The summed E-state index contributed by atoms with van der Waals surface area (Å²) < 4.78 is 3.95. The van der Waals surface area contributed by atoms with Crippen LogP contribution in [-0.4, -0.2) is 10.4 Å². The zero-order valence-electron chi connectivity index (χ0n) is 8.97. The van der Waals surface area contributed by atoms with Crippen LogP contribution < -0.4 is 21.5 Å². The van der Waals surface area contributed by atoms with E-state index in [4.69, 9.17) is 0 Å². The number of Topliss-reactive ketones (excluding diaryl/α,β-unsaturated/α-hetero) is 1. The molecule has 0 bridgehead atoms. The monoisotopic (exact) mass is 300 g/mol. The fraction of sp³-hybridized carbons (Fsp3) is 0.273. The Hall–Kier alpha value is -0.940. The van der Waals surface area contributed by atoms with Gasteiger partial charge in [0.05, 0.1) is 11.4 Å². The predicted molar refractivity (Wildman–Crippen MR) is 59.0 cm³/mol. The SMILES string of the molecule is CC[n+]1ccn(CC(=O)c2cccs2)c1.[Br-]. The van der Waals surface area contributed by atoms with Crippen molar-refractivity contribution < 1.29 is 26.3 Å². The Morgan fingerprint density at radius 1 is 1.56 bits per heavy atom. The van der Waals surface area contributed by atoms with E-state index in [0.717, 1.165) is 11.4 Å². The van der Waals surface area contributed by atoms with Gasteiger partial charge in [0.15, 0.2) is 6.54 Å². The second-order valence-electron chi connectivity index (χ2n) is 3.32. The van der Waals surface area contributed by atoms with E-state index in [1.54, 1.807) is 0 Å². The van der Waals surface area contributed by atoms with Gasteiger partial charge < -0.3 is 17.0 Å². The molecule has 0 spiro atoms. The molecule has 0 N–H and O–H groups in total. The first-order valence-electron chi connectivity index (χ1n) is 4.91. The van der Waals surface area contributed by atoms with E-state index in [1.165, 1.54) is 11.3 Å². The number of halogens is 1. The molecule has 2 rings (SSSR count). The molecule has 5 heteroatoms. The van der Waals surface area contributed by atoms with Crippen molar-refractivity contribution in [3.05, 3.63) is 41.1 Å². The molecule has 0 amide bonds. The van der Waals surface area contributed by atoms with Gasteiger partial charge in [-0.05, 0) is 18.4 Å². The number of aryl methyl sites for hydroxylation is 1. The highest BCUT2D eigenvalue weighted by molar-refractivity contribution is 7.12. The minimum Gasteiger partial charge on any atom is -1.00 e. The number of imidazole rings is 1. The number of thiophene rings is 1. The molecule has 86 valence electrons. The number of carbonyl (C=O) groups is 1. The summed E-state index contributed by atoms with van der Waals surface area (Å²) in [6, 6.07) is 3.77. The van der Waals surface area contributed by atoms with Crippen molar-refractivity contribution in [1.82, 2.24) is 4.57 Å². The van der Waals surface area contributed by atoms with Crippen molar-refractivity contribution in [1.29, 1.82) is 0 Å². The molecule has 2 heterocycles. The fourth-order valence-electron chi connectivity index (χ4n) is 1.40. The summed E-state index contributed by atoms with van der Waals surface area (Å²) in [6.45, 7) is 3.43. The third kappa shape index (κ3) is 3.02. The number of hydrogen-bond acceptors (Lipinski definition) is 2. The molecule has 2 aromatic rings. The second-order valence-corrected chi connectivity index (χ2v) is 4.26. The molecule has 2 aromatic heterocycles. The van der Waals surface area contributed by atoms with Crippen molar-refractivity contribution >= 4 is 17.1 Å². The molecule has 0 aliphatic rings. The summed E-state index contributed by atoms with van der Waals surface area (Å²) in [5, 5.41) is 1.93. The van der Waals surface area contributed by atoms with Crippen LogP contribution in [-0.2, 0) is 13.1 Å². The third-order valence-corrected chi connectivity index (χ3v) is 3.14. The summed E-state index contributed by atoms with van der Waals surface area (Å²) in [4.78, 5) is 12.6. The highest BCUT2D eigenvalue weighted by Crippen LogP contribution is 2.10. The maximum Gasteiger partial charge on any atom is 0.244 e. The minimum absolute atomic E-state index is 0. The average molecular weight is 301 g/mol. The third-order valence-electron chi connectivity index (χ3n) is 2.23. The summed E-state index contributed by atoms with van der Waals surface area (Å²) in [5.74, 6) is 0.170. The lowest BCUT2D eigenvalue weighted by atomic mass is 10.3. The van der Waals surface area contributed by atoms with Crippen LogP contribution in [0.2, 0.25) is 0 Å². The van der Waals surface area contributed by atoms with Crippen LogP contribution in [0.25, 0.3) is 0 Å². The Morgan fingerprint density at radius 2 is 2.38 bits per heavy atom. The molecule has 0 saturated carbocycles. The van der Waals surface area contributed by atoms with Crippen LogP contribution in [0.15, 0.2) is 36.2 Å². The maximum atomic E-state index is 11.8. The van der Waals surface area contributed by atoms with E-state index in [2.05, 4.69) is 6.92 Å². The normalized spacial score (nSPS) is 9.81. The standard InChI is InChI=1S/C11H13N2OS.BrH/c1-2-12-5-6-13(9-12)8-10(14)11-4-3-7-15-11;/h3-7,9H,2,8H2,1H3;1H/q+1;/p-1. The molecule has 0 aromatic carbocycles. The van der Waals surface area contributed by atoms with Crippen molar-refractivity contribution in [2.45, 2.75) is 20.0 Å². The van der Waals surface area contributed by atoms with E-state index < -0.39 is 0 Å². The number of rotatable bonds is 4. The first kappa shape index (κ1) is 13.1. The smallest absolute Gasteiger partial charge is 0.244 e. The van der Waals surface area contributed by atoms with Crippen LogP contribution in [0.1, 0.15) is 16.6 Å². The summed E-state index contributed by atoms with van der Waals surface area (Å²) in [7, 11) is 0. The molecule has 16 heavy (non-hydrogen) atoms. The van der Waals surface area contributed by atoms with Gasteiger partial charge in [0.1, 0.15) is 12.4 Å².